The minimum atomic E-state index is -1.28. The first-order valence-electron chi connectivity index (χ1n) is 29.3. The number of ether oxygens (including phenoxy) is 1. The minimum Gasteiger partial charge on any atom is -0.477 e. The van der Waals surface area contributed by atoms with Gasteiger partial charge in [0.2, 0.25) is 29.5 Å². The van der Waals surface area contributed by atoms with Crippen LogP contribution in [0.5, 0.6) is 5.75 Å². The minimum absolute atomic E-state index is 0.0662. The van der Waals surface area contributed by atoms with Gasteiger partial charge in [-0.3, -0.25) is 39.1 Å². The van der Waals surface area contributed by atoms with Crippen molar-refractivity contribution < 1.29 is 33.5 Å². The Morgan fingerprint density at radius 2 is 1.38 bits per heavy atom. The molecular weight excluding hydrogens is 1050 g/mol. The number of thiazole rings is 1. The third kappa shape index (κ3) is 11.6. The number of pyridine rings is 1. The Kier molecular flexibility index (Phi) is 16.0. The molecule has 3 aromatic carbocycles. The van der Waals surface area contributed by atoms with Crippen LogP contribution in [0.2, 0.25) is 5.02 Å². The summed E-state index contributed by atoms with van der Waals surface area (Å²) in [6, 6.07) is 22.9. The second kappa shape index (κ2) is 23.6. The van der Waals surface area contributed by atoms with Crippen LogP contribution in [-0.4, -0.2) is 143 Å². The average molecular weight is 1120 g/mol. The summed E-state index contributed by atoms with van der Waals surface area (Å²) in [6.45, 7) is 8.44. The molecule has 2 N–H and O–H groups in total. The van der Waals surface area contributed by atoms with E-state index in [1.165, 1.54) is 30.6 Å². The molecule has 9 heterocycles. The van der Waals surface area contributed by atoms with Gasteiger partial charge in [0, 0.05) is 102 Å². The SMILES string of the molecule is O=C1CCC(c2cncc(N3CCC(CN4CCC(CC5CCN(C(=O)C6CCN(C(=O)C7(Oc8ccccc8-c8nc9cccc(Cl)c9s8)CCN(C(=O)[C@H]8CC(=O)Nc9ccccc98)CC7)CC6)CC5)CC4)CC3)c2)C(=O)N1. The van der Waals surface area contributed by atoms with Crippen molar-refractivity contribution in [2.45, 2.75) is 107 Å². The lowest BCUT2D eigenvalue weighted by Gasteiger charge is -2.45. The molecule has 7 aliphatic heterocycles. The van der Waals surface area contributed by atoms with E-state index >= 15 is 4.79 Å². The molecular formula is C62H72ClN9O7S. The van der Waals surface area contributed by atoms with Gasteiger partial charge >= 0.3 is 0 Å². The van der Waals surface area contributed by atoms with Gasteiger partial charge in [0.15, 0.2) is 5.60 Å². The lowest BCUT2D eigenvalue weighted by atomic mass is 9.82. The van der Waals surface area contributed by atoms with Gasteiger partial charge in [-0.15, -0.1) is 11.3 Å². The molecule has 6 amide bonds. The number of halogens is 1. The summed E-state index contributed by atoms with van der Waals surface area (Å²) in [7, 11) is 0. The largest absolute Gasteiger partial charge is 0.477 e. The molecule has 0 radical (unpaired) electrons. The molecule has 12 rings (SSSR count). The smallest absolute Gasteiger partial charge is 0.266 e. The van der Waals surface area contributed by atoms with E-state index in [4.69, 9.17) is 21.3 Å². The predicted octanol–water partition coefficient (Wildman–Crippen LogP) is 8.89. The maximum absolute atomic E-state index is 15.2. The number of carbonyl (C=O) groups is 6. The van der Waals surface area contributed by atoms with E-state index < -0.39 is 11.5 Å². The molecule has 6 fully saturated rings. The van der Waals surface area contributed by atoms with Crippen molar-refractivity contribution in [1.82, 2.24) is 34.9 Å². The average Bonchev–Trinajstić information content (AvgIpc) is 3.95. The normalized spacial score (nSPS) is 22.9. The lowest BCUT2D eigenvalue weighted by molar-refractivity contribution is -0.158. The summed E-state index contributed by atoms with van der Waals surface area (Å²) < 4.78 is 7.94. The van der Waals surface area contributed by atoms with E-state index in [2.05, 4.69) is 36.4 Å². The number of para-hydroxylation sites is 2. The van der Waals surface area contributed by atoms with E-state index in [0.717, 1.165) is 115 Å². The number of anilines is 2. The molecule has 2 aromatic heterocycles. The van der Waals surface area contributed by atoms with Crippen molar-refractivity contribution in [3.63, 3.8) is 0 Å². The molecule has 5 aromatic rings. The van der Waals surface area contributed by atoms with Crippen LogP contribution < -0.4 is 20.3 Å². The monoisotopic (exact) mass is 1120 g/mol. The molecule has 18 heteroatoms. The Bertz CT molecular complexity index is 3130. The van der Waals surface area contributed by atoms with Crippen molar-refractivity contribution in [2.75, 3.05) is 82.2 Å². The first-order chi connectivity index (χ1) is 38.9. The number of hydrogen-bond acceptors (Lipinski definition) is 12. The zero-order valence-corrected chi connectivity index (χ0v) is 47.1. The van der Waals surface area contributed by atoms with Crippen LogP contribution in [-0.2, 0) is 28.8 Å². The van der Waals surface area contributed by atoms with E-state index in [9.17, 15) is 24.0 Å². The van der Waals surface area contributed by atoms with E-state index in [1.807, 2.05) is 77.8 Å². The molecule has 0 saturated carbocycles. The van der Waals surface area contributed by atoms with Crippen molar-refractivity contribution >= 4 is 80.0 Å². The van der Waals surface area contributed by atoms with Crippen LogP contribution in [0.4, 0.5) is 11.4 Å². The first-order valence-corrected chi connectivity index (χ1v) is 30.5. The number of aromatic nitrogens is 2. The summed E-state index contributed by atoms with van der Waals surface area (Å²) in [5.74, 6) is 0.838. The number of rotatable bonds is 12. The Balaban J connectivity index is 0.619. The van der Waals surface area contributed by atoms with Crippen LogP contribution in [0.3, 0.4) is 0 Å². The lowest BCUT2D eigenvalue weighted by Crippen LogP contribution is -2.60. The summed E-state index contributed by atoms with van der Waals surface area (Å²) in [5, 5.41) is 6.73. The topological polar surface area (TPSA) is 178 Å². The highest BCUT2D eigenvalue weighted by atomic mass is 35.5. The van der Waals surface area contributed by atoms with Gasteiger partial charge in [-0.2, -0.15) is 0 Å². The van der Waals surface area contributed by atoms with Gasteiger partial charge < -0.3 is 34.6 Å². The molecule has 2 atom stereocenters. The standard InChI is InChI=1S/C62H72ClN9O7S/c63-50-8-5-10-52-56(50)80-58(66-52)48-7-2-4-11-53(48)79-62(22-32-71(33-23-62)60(77)49-36-55(74)65-51-9-3-1-6-47(49)51)61(78)72-30-20-43(21-31-72)59(76)70-28-16-41(17-29-70)34-40-14-24-68(25-15-40)39-42-18-26-69(27-19-42)45-35-44(37-64-38-45)46-12-13-54(73)67-57(46)75/h1-11,35,37-38,40-43,46,49H,12-34,36,39H2,(H,65,74)(H,67,73,75)/t46?,49-/m0/s1. The number of imide groups is 1. The van der Waals surface area contributed by atoms with Gasteiger partial charge in [0.05, 0.1) is 44.5 Å². The van der Waals surface area contributed by atoms with E-state index in [1.54, 1.807) is 11.1 Å². The quantitative estimate of drug-likeness (QED) is 0.114. The number of carbonyl (C=O) groups excluding carboxylic acids is 6. The highest BCUT2D eigenvalue weighted by molar-refractivity contribution is 7.22. The van der Waals surface area contributed by atoms with Crippen LogP contribution >= 0.6 is 22.9 Å². The highest BCUT2D eigenvalue weighted by Gasteiger charge is 2.49. The molecule has 7 aliphatic rings. The van der Waals surface area contributed by atoms with Crippen molar-refractivity contribution in [2.24, 2.45) is 23.7 Å². The summed E-state index contributed by atoms with van der Waals surface area (Å²) in [4.78, 5) is 101. The van der Waals surface area contributed by atoms with E-state index in [0.29, 0.717) is 67.1 Å². The summed E-state index contributed by atoms with van der Waals surface area (Å²) >= 11 is 8.08. The third-order valence-electron chi connectivity index (χ3n) is 18.7. The molecule has 420 valence electrons. The molecule has 6 saturated heterocycles. The number of benzene rings is 3. The second-order valence-electron chi connectivity index (χ2n) is 23.6. The molecule has 1 unspecified atom stereocenters. The Morgan fingerprint density at radius 1 is 0.688 bits per heavy atom. The van der Waals surface area contributed by atoms with Crippen molar-refractivity contribution in [3.8, 4) is 16.3 Å². The Labute approximate surface area is 476 Å². The molecule has 0 spiro atoms. The number of amides is 6. The van der Waals surface area contributed by atoms with Gasteiger partial charge in [-0.1, -0.05) is 48.0 Å². The number of nitrogens with one attached hydrogen (secondary N) is 2. The van der Waals surface area contributed by atoms with Crippen LogP contribution in [0.25, 0.3) is 20.8 Å². The summed E-state index contributed by atoms with van der Waals surface area (Å²) in [5.41, 5.74) is 3.66. The van der Waals surface area contributed by atoms with Gasteiger partial charge in [-0.05, 0) is 143 Å². The number of fused-ring (bicyclic) bond motifs is 2. The Morgan fingerprint density at radius 3 is 2.12 bits per heavy atom. The molecule has 0 aliphatic carbocycles. The second-order valence-corrected chi connectivity index (χ2v) is 25.0. The predicted molar refractivity (Wildman–Crippen MR) is 308 cm³/mol. The number of hydrogen-bond donors (Lipinski definition) is 2. The molecule has 16 nitrogen and oxygen atoms in total. The van der Waals surface area contributed by atoms with Gasteiger partial charge in [-0.25, -0.2) is 4.98 Å². The number of piperidine rings is 6. The maximum atomic E-state index is 15.2. The molecule has 0 bridgehead atoms. The fourth-order valence-electron chi connectivity index (χ4n) is 14.0. The van der Waals surface area contributed by atoms with Crippen LogP contribution in [0.1, 0.15) is 113 Å². The Hall–Kier alpha value is -6.43. The van der Waals surface area contributed by atoms with Crippen LogP contribution in [0, 0.1) is 23.7 Å². The zero-order chi connectivity index (χ0) is 54.9. The summed E-state index contributed by atoms with van der Waals surface area (Å²) in [6.07, 6.45) is 14.4. The first kappa shape index (κ1) is 54.2. The fourth-order valence-corrected chi connectivity index (χ4v) is 15.3. The van der Waals surface area contributed by atoms with E-state index in [-0.39, 0.29) is 79.6 Å². The number of nitrogens with zero attached hydrogens (tertiary/aromatic N) is 7. The zero-order valence-electron chi connectivity index (χ0n) is 45.5. The third-order valence-corrected chi connectivity index (χ3v) is 20.2. The van der Waals surface area contributed by atoms with Crippen LogP contribution in [0.15, 0.2) is 85.2 Å². The fraction of sp³-hybridized carbons (Fsp3) is 0.516. The number of likely N-dealkylation sites (tertiary alicyclic amines) is 4. The maximum Gasteiger partial charge on any atom is 0.266 e. The van der Waals surface area contributed by atoms with Gasteiger partial charge in [0.1, 0.15) is 10.8 Å². The van der Waals surface area contributed by atoms with Crippen molar-refractivity contribution in [3.05, 3.63) is 101 Å². The van der Waals surface area contributed by atoms with Gasteiger partial charge in [0.25, 0.3) is 5.91 Å². The van der Waals surface area contributed by atoms with Crippen molar-refractivity contribution in [1.29, 1.82) is 0 Å². The highest BCUT2D eigenvalue weighted by Crippen LogP contribution is 2.43. The molecule has 80 heavy (non-hydrogen) atoms.